The summed E-state index contributed by atoms with van der Waals surface area (Å²) in [5.74, 6) is -2.43. The number of aliphatic carboxylic acids is 1. The van der Waals surface area contributed by atoms with Gasteiger partial charge in [0.1, 0.15) is 5.82 Å². The van der Waals surface area contributed by atoms with E-state index in [1.165, 1.54) is 6.20 Å². The first-order chi connectivity index (χ1) is 16.8. The Bertz CT molecular complexity index is 1140. The Morgan fingerprint density at radius 3 is 2.31 bits per heavy atom. The lowest BCUT2D eigenvalue weighted by molar-refractivity contribution is -0.192. The van der Waals surface area contributed by atoms with E-state index in [1.54, 1.807) is 24.9 Å². The van der Waals surface area contributed by atoms with Gasteiger partial charge in [-0.1, -0.05) is 30.3 Å². The van der Waals surface area contributed by atoms with Gasteiger partial charge < -0.3 is 20.2 Å². The Labute approximate surface area is 207 Å². The van der Waals surface area contributed by atoms with Crippen LogP contribution in [0.3, 0.4) is 0 Å². The Morgan fingerprint density at radius 1 is 1.19 bits per heavy atom. The first kappa shape index (κ1) is 28.8. The molecule has 2 aromatic rings. The summed E-state index contributed by atoms with van der Waals surface area (Å²) in [5.41, 5.74) is 1.70. The SMILES string of the molecule is CCS(=O)(=O)Nc1cnc(N2CCNCC2)c(C(=O)N(C)Cc2ccccc2)c1.O=C(O)C(F)(F)F. The Morgan fingerprint density at radius 2 is 1.78 bits per heavy atom. The highest BCUT2D eigenvalue weighted by Gasteiger charge is 2.38. The normalized spacial score (nSPS) is 13.9. The molecule has 2 heterocycles. The van der Waals surface area contributed by atoms with Gasteiger partial charge in [-0.05, 0) is 18.6 Å². The Hall–Kier alpha value is -3.39. The highest BCUT2D eigenvalue weighted by Crippen LogP contribution is 2.24. The van der Waals surface area contributed by atoms with E-state index in [0.29, 0.717) is 23.6 Å². The second-order valence-corrected chi connectivity index (χ2v) is 9.80. The van der Waals surface area contributed by atoms with Crippen molar-refractivity contribution in [3.05, 3.63) is 53.7 Å². The number of rotatable bonds is 7. The van der Waals surface area contributed by atoms with Crippen molar-refractivity contribution in [3.63, 3.8) is 0 Å². The summed E-state index contributed by atoms with van der Waals surface area (Å²) in [5, 5.41) is 10.4. The molecule has 0 aliphatic carbocycles. The number of amides is 1. The fourth-order valence-electron chi connectivity index (χ4n) is 3.19. The molecule has 36 heavy (non-hydrogen) atoms. The van der Waals surface area contributed by atoms with Gasteiger partial charge in [0, 0.05) is 39.8 Å². The topological polar surface area (TPSA) is 132 Å². The molecule has 1 amide bonds. The van der Waals surface area contributed by atoms with Crippen LogP contribution in [-0.4, -0.2) is 80.4 Å². The summed E-state index contributed by atoms with van der Waals surface area (Å²) in [7, 11) is -1.72. The number of benzene rings is 1. The van der Waals surface area contributed by atoms with Gasteiger partial charge in [-0.15, -0.1) is 0 Å². The van der Waals surface area contributed by atoms with E-state index in [-0.39, 0.29) is 11.7 Å². The Balaban J connectivity index is 0.000000572. The molecule has 3 N–H and O–H groups in total. The minimum Gasteiger partial charge on any atom is -0.475 e. The monoisotopic (exact) mass is 531 g/mol. The maximum absolute atomic E-state index is 13.3. The number of carbonyl (C=O) groups excluding carboxylic acids is 1. The van der Waals surface area contributed by atoms with Crippen molar-refractivity contribution in [2.24, 2.45) is 0 Å². The summed E-state index contributed by atoms with van der Waals surface area (Å²) in [6, 6.07) is 11.3. The molecule has 0 spiro atoms. The quantitative estimate of drug-likeness (QED) is 0.495. The van der Waals surface area contributed by atoms with E-state index in [0.717, 1.165) is 31.7 Å². The van der Waals surface area contributed by atoms with Crippen LogP contribution in [0.4, 0.5) is 24.7 Å². The molecule has 10 nitrogen and oxygen atoms in total. The van der Waals surface area contributed by atoms with Gasteiger partial charge in [0.2, 0.25) is 10.0 Å². The van der Waals surface area contributed by atoms with E-state index >= 15 is 0 Å². The van der Waals surface area contributed by atoms with E-state index < -0.39 is 22.2 Å². The summed E-state index contributed by atoms with van der Waals surface area (Å²) in [4.78, 5) is 30.3. The van der Waals surface area contributed by atoms with Gasteiger partial charge in [-0.25, -0.2) is 18.2 Å². The van der Waals surface area contributed by atoms with Crippen LogP contribution in [-0.2, 0) is 21.4 Å². The fraction of sp³-hybridized carbons (Fsp3) is 0.409. The van der Waals surface area contributed by atoms with Crippen LogP contribution in [0, 0.1) is 0 Å². The average molecular weight is 532 g/mol. The number of sulfonamides is 1. The number of carboxylic acids is 1. The van der Waals surface area contributed by atoms with Crippen LogP contribution in [0.25, 0.3) is 0 Å². The predicted octanol–water partition coefficient (Wildman–Crippen LogP) is 2.16. The summed E-state index contributed by atoms with van der Waals surface area (Å²) in [6.07, 6.45) is -3.61. The smallest absolute Gasteiger partial charge is 0.475 e. The third-order valence-corrected chi connectivity index (χ3v) is 6.33. The van der Waals surface area contributed by atoms with E-state index in [2.05, 4.69) is 19.9 Å². The third-order valence-electron chi connectivity index (χ3n) is 5.02. The van der Waals surface area contributed by atoms with Crippen molar-refractivity contribution in [3.8, 4) is 0 Å². The van der Waals surface area contributed by atoms with Gasteiger partial charge in [-0.2, -0.15) is 13.2 Å². The molecule has 3 rings (SSSR count). The summed E-state index contributed by atoms with van der Waals surface area (Å²) >= 11 is 0. The van der Waals surface area contributed by atoms with Crippen LogP contribution in [0.1, 0.15) is 22.8 Å². The number of halogens is 3. The number of pyridine rings is 1. The zero-order valence-electron chi connectivity index (χ0n) is 19.7. The number of nitrogens with one attached hydrogen (secondary N) is 2. The number of anilines is 2. The predicted molar refractivity (Wildman–Crippen MR) is 128 cm³/mol. The third kappa shape index (κ3) is 8.68. The molecule has 14 heteroatoms. The highest BCUT2D eigenvalue weighted by atomic mass is 32.2. The number of hydrogen-bond donors (Lipinski definition) is 3. The highest BCUT2D eigenvalue weighted by molar-refractivity contribution is 7.92. The molecule has 1 fully saturated rings. The molecule has 0 radical (unpaired) electrons. The van der Waals surface area contributed by atoms with Gasteiger partial charge in [0.15, 0.2) is 0 Å². The van der Waals surface area contributed by atoms with Gasteiger partial charge >= 0.3 is 12.1 Å². The standard InChI is InChI=1S/C20H27N5O3S.C2HF3O2/c1-3-29(27,28)23-17-13-18(19(22-14-17)25-11-9-21-10-12-25)20(26)24(2)15-16-7-5-4-6-8-16;3-2(4,5)1(6)7/h4-8,13-14,21,23H,3,9-12,15H2,1-2H3;(H,6,7). The van der Waals surface area contributed by atoms with Crippen molar-refractivity contribution in [1.29, 1.82) is 0 Å². The van der Waals surface area contributed by atoms with E-state index in [4.69, 9.17) is 9.90 Å². The largest absolute Gasteiger partial charge is 0.490 e. The van der Waals surface area contributed by atoms with E-state index in [1.807, 2.05) is 30.3 Å². The van der Waals surface area contributed by atoms with Crippen molar-refractivity contribution in [2.45, 2.75) is 19.6 Å². The van der Waals surface area contributed by atoms with Gasteiger partial charge in [-0.3, -0.25) is 9.52 Å². The number of nitrogens with zero attached hydrogens (tertiary/aromatic N) is 3. The number of hydrogen-bond acceptors (Lipinski definition) is 7. The van der Waals surface area contributed by atoms with Crippen molar-refractivity contribution in [1.82, 2.24) is 15.2 Å². The number of carboxylic acid groups (broad SMARTS) is 1. The molecule has 0 bridgehead atoms. The molecular weight excluding hydrogens is 503 g/mol. The van der Waals surface area contributed by atoms with Gasteiger partial charge in [0.05, 0.1) is 23.2 Å². The van der Waals surface area contributed by atoms with Crippen molar-refractivity contribution < 1.29 is 36.3 Å². The first-order valence-corrected chi connectivity index (χ1v) is 12.5. The van der Waals surface area contributed by atoms with Crippen LogP contribution in [0.2, 0.25) is 0 Å². The molecule has 0 unspecified atom stereocenters. The number of piperazine rings is 1. The molecule has 198 valence electrons. The molecule has 0 atom stereocenters. The lowest BCUT2D eigenvalue weighted by Gasteiger charge is -2.30. The Kier molecular flexibility index (Phi) is 10.0. The minimum atomic E-state index is -5.08. The molecule has 0 saturated carbocycles. The summed E-state index contributed by atoms with van der Waals surface area (Å²) < 4.78 is 58.1. The number of aromatic nitrogens is 1. The molecule has 1 aliphatic rings. The molecule has 1 aromatic carbocycles. The molecule has 1 aromatic heterocycles. The zero-order chi connectivity index (χ0) is 26.9. The van der Waals surface area contributed by atoms with Crippen LogP contribution >= 0.6 is 0 Å². The molecular formula is C22H28F3N5O5S. The fourth-order valence-corrected chi connectivity index (χ4v) is 3.80. The maximum Gasteiger partial charge on any atom is 0.490 e. The first-order valence-electron chi connectivity index (χ1n) is 10.9. The number of alkyl halides is 3. The van der Waals surface area contributed by atoms with Gasteiger partial charge in [0.25, 0.3) is 5.91 Å². The van der Waals surface area contributed by atoms with Crippen molar-refractivity contribution in [2.75, 3.05) is 48.6 Å². The van der Waals surface area contributed by atoms with Crippen LogP contribution < -0.4 is 14.9 Å². The minimum absolute atomic E-state index is 0.0518. The lowest BCUT2D eigenvalue weighted by atomic mass is 10.1. The van der Waals surface area contributed by atoms with E-state index in [9.17, 15) is 26.4 Å². The van der Waals surface area contributed by atoms with Crippen LogP contribution in [0.15, 0.2) is 42.6 Å². The van der Waals surface area contributed by atoms with Crippen LogP contribution in [0.5, 0.6) is 0 Å². The molecule has 1 aliphatic heterocycles. The second kappa shape index (κ2) is 12.5. The maximum atomic E-state index is 13.3. The average Bonchev–Trinajstić information content (AvgIpc) is 2.84. The summed E-state index contributed by atoms with van der Waals surface area (Å²) in [6.45, 7) is 5.08. The second-order valence-electron chi connectivity index (χ2n) is 7.79. The number of carbonyl (C=O) groups is 2. The zero-order valence-corrected chi connectivity index (χ0v) is 20.6. The lowest BCUT2D eigenvalue weighted by Crippen LogP contribution is -2.44. The van der Waals surface area contributed by atoms with Crippen molar-refractivity contribution >= 4 is 33.4 Å². The molecule has 1 saturated heterocycles.